The molecule has 100 valence electrons. The Morgan fingerprint density at radius 3 is 2.50 bits per heavy atom. The first-order chi connectivity index (χ1) is 8.49. The van der Waals surface area contributed by atoms with E-state index in [0.717, 1.165) is 22.6 Å². The molecular weight excluding hydrogens is 232 g/mol. The second-order valence-corrected chi connectivity index (χ2v) is 4.22. The minimum atomic E-state index is -0.346. The number of nitrogens with zero attached hydrogens (tertiary/aromatic N) is 1. The number of likely N-dealkylation sites (N-methyl/N-ethyl adjacent to an activating group) is 1. The van der Waals surface area contributed by atoms with Gasteiger partial charge in [-0.15, -0.1) is 0 Å². The van der Waals surface area contributed by atoms with Crippen LogP contribution in [0.25, 0.3) is 0 Å². The van der Waals surface area contributed by atoms with Crippen LogP contribution in [0, 0.1) is 6.92 Å². The third kappa shape index (κ3) is 3.37. The fourth-order valence-corrected chi connectivity index (χ4v) is 1.97. The first-order valence-corrected chi connectivity index (χ1v) is 5.67. The van der Waals surface area contributed by atoms with E-state index in [9.17, 15) is 4.79 Å². The summed E-state index contributed by atoms with van der Waals surface area (Å²) in [5, 5.41) is 0. The van der Waals surface area contributed by atoms with Gasteiger partial charge in [-0.2, -0.15) is 0 Å². The molecule has 0 bridgehead atoms. The fraction of sp³-hybridized carbons (Fsp3) is 0.462. The van der Waals surface area contributed by atoms with Crippen molar-refractivity contribution in [2.24, 2.45) is 5.73 Å². The van der Waals surface area contributed by atoms with E-state index in [1.54, 1.807) is 14.2 Å². The Kier molecular flexibility index (Phi) is 4.97. The van der Waals surface area contributed by atoms with Gasteiger partial charge in [0, 0.05) is 17.7 Å². The molecule has 0 aliphatic rings. The van der Waals surface area contributed by atoms with Crippen LogP contribution in [0.2, 0.25) is 0 Å². The van der Waals surface area contributed by atoms with Crippen molar-refractivity contribution < 1.29 is 14.3 Å². The summed E-state index contributed by atoms with van der Waals surface area (Å²) in [6.07, 6.45) is 0. The monoisotopic (exact) mass is 252 g/mol. The molecule has 2 N–H and O–H groups in total. The maximum atomic E-state index is 10.9. The molecule has 0 fully saturated rings. The minimum absolute atomic E-state index is 0.216. The number of nitrogens with two attached hydrogens (primary N) is 1. The lowest BCUT2D eigenvalue weighted by molar-refractivity contribution is -0.118. The zero-order chi connectivity index (χ0) is 13.7. The van der Waals surface area contributed by atoms with Gasteiger partial charge in [-0.25, -0.2) is 0 Å². The molecule has 0 radical (unpaired) electrons. The molecule has 0 aliphatic heterocycles. The van der Waals surface area contributed by atoms with Crippen molar-refractivity contribution in [2.45, 2.75) is 13.5 Å². The number of ether oxygens (including phenoxy) is 2. The van der Waals surface area contributed by atoms with Gasteiger partial charge < -0.3 is 15.2 Å². The highest BCUT2D eigenvalue weighted by Crippen LogP contribution is 2.31. The summed E-state index contributed by atoms with van der Waals surface area (Å²) in [6, 6.07) is 3.83. The predicted molar refractivity (Wildman–Crippen MR) is 69.8 cm³/mol. The van der Waals surface area contributed by atoms with E-state index in [1.165, 1.54) is 0 Å². The van der Waals surface area contributed by atoms with E-state index in [4.69, 9.17) is 15.2 Å². The summed E-state index contributed by atoms with van der Waals surface area (Å²) in [5.41, 5.74) is 7.11. The fourth-order valence-electron chi connectivity index (χ4n) is 1.97. The molecule has 0 unspecified atom stereocenters. The van der Waals surface area contributed by atoms with Crippen LogP contribution in [0.3, 0.4) is 0 Å². The highest BCUT2D eigenvalue weighted by atomic mass is 16.5. The van der Waals surface area contributed by atoms with Gasteiger partial charge in [0.2, 0.25) is 5.91 Å². The molecule has 1 amide bonds. The number of rotatable bonds is 6. The lowest BCUT2D eigenvalue weighted by atomic mass is 10.1. The third-order valence-corrected chi connectivity index (χ3v) is 2.73. The summed E-state index contributed by atoms with van der Waals surface area (Å²) in [4.78, 5) is 12.7. The van der Waals surface area contributed by atoms with E-state index in [2.05, 4.69) is 0 Å². The van der Waals surface area contributed by atoms with E-state index >= 15 is 0 Å². The smallest absolute Gasteiger partial charge is 0.231 e. The first kappa shape index (κ1) is 14.3. The third-order valence-electron chi connectivity index (χ3n) is 2.73. The molecule has 1 rings (SSSR count). The molecule has 0 saturated carbocycles. The number of carbonyl (C=O) groups is 1. The van der Waals surface area contributed by atoms with Crippen LogP contribution in [0.15, 0.2) is 12.1 Å². The summed E-state index contributed by atoms with van der Waals surface area (Å²) >= 11 is 0. The lowest BCUT2D eigenvalue weighted by Gasteiger charge is -2.19. The maximum Gasteiger partial charge on any atom is 0.231 e. The highest BCUT2D eigenvalue weighted by Gasteiger charge is 2.13. The topological polar surface area (TPSA) is 64.8 Å². The average molecular weight is 252 g/mol. The van der Waals surface area contributed by atoms with Crippen LogP contribution in [0.4, 0.5) is 0 Å². The van der Waals surface area contributed by atoms with Gasteiger partial charge in [-0.1, -0.05) is 6.07 Å². The minimum Gasteiger partial charge on any atom is -0.496 e. The van der Waals surface area contributed by atoms with Crippen LogP contribution < -0.4 is 15.2 Å². The summed E-state index contributed by atoms with van der Waals surface area (Å²) < 4.78 is 10.6. The Morgan fingerprint density at radius 2 is 2.00 bits per heavy atom. The van der Waals surface area contributed by atoms with E-state index in [-0.39, 0.29) is 12.5 Å². The van der Waals surface area contributed by atoms with Gasteiger partial charge in [-0.3, -0.25) is 9.69 Å². The molecular formula is C13H20N2O3. The maximum absolute atomic E-state index is 10.9. The molecule has 5 nitrogen and oxygen atoms in total. The van der Waals surface area contributed by atoms with Crippen molar-refractivity contribution in [3.63, 3.8) is 0 Å². The second-order valence-electron chi connectivity index (χ2n) is 4.22. The van der Waals surface area contributed by atoms with Crippen LogP contribution in [0.5, 0.6) is 11.5 Å². The molecule has 0 saturated heterocycles. The Morgan fingerprint density at radius 1 is 1.33 bits per heavy atom. The van der Waals surface area contributed by atoms with Gasteiger partial charge >= 0.3 is 0 Å². The number of primary amides is 1. The van der Waals surface area contributed by atoms with Gasteiger partial charge in [0.15, 0.2) is 0 Å². The second kappa shape index (κ2) is 6.26. The largest absolute Gasteiger partial charge is 0.496 e. The molecule has 1 aromatic carbocycles. The zero-order valence-electron chi connectivity index (χ0n) is 11.3. The van der Waals surface area contributed by atoms with Gasteiger partial charge in [-0.05, 0) is 20.0 Å². The standard InChI is InChI=1S/C13H20N2O3/c1-9-11(17-3)6-5-10(13(9)18-4)7-15(2)8-12(14)16/h5-6H,7-8H2,1-4H3,(H2,14,16). The molecule has 0 spiro atoms. The molecule has 0 aliphatic carbocycles. The first-order valence-electron chi connectivity index (χ1n) is 5.67. The number of hydrogen-bond donors (Lipinski definition) is 1. The number of methoxy groups -OCH3 is 2. The normalized spacial score (nSPS) is 10.5. The number of benzene rings is 1. The van der Waals surface area contributed by atoms with E-state index in [0.29, 0.717) is 6.54 Å². The molecule has 0 aromatic heterocycles. The van der Waals surface area contributed by atoms with E-state index in [1.807, 2.05) is 31.0 Å². The van der Waals surface area contributed by atoms with Crippen molar-refractivity contribution in [2.75, 3.05) is 27.8 Å². The Bertz CT molecular complexity index is 432. The average Bonchev–Trinajstić information content (AvgIpc) is 2.28. The van der Waals surface area contributed by atoms with Gasteiger partial charge in [0.05, 0.1) is 20.8 Å². The summed E-state index contributed by atoms with van der Waals surface area (Å²) in [7, 11) is 5.09. The summed E-state index contributed by atoms with van der Waals surface area (Å²) in [5.74, 6) is 1.22. The molecule has 0 atom stereocenters. The molecule has 1 aromatic rings. The Labute approximate surface area is 107 Å². The van der Waals surface area contributed by atoms with Crippen molar-refractivity contribution in [1.82, 2.24) is 4.90 Å². The number of hydrogen-bond acceptors (Lipinski definition) is 4. The Hall–Kier alpha value is -1.75. The molecule has 0 heterocycles. The SMILES string of the molecule is COc1ccc(CN(C)CC(N)=O)c(OC)c1C. The van der Waals surface area contributed by atoms with Gasteiger partial charge in [0.1, 0.15) is 11.5 Å². The van der Waals surface area contributed by atoms with Gasteiger partial charge in [0.25, 0.3) is 0 Å². The Balaban J connectivity index is 2.95. The number of amides is 1. The molecule has 5 heteroatoms. The van der Waals surface area contributed by atoms with Crippen molar-refractivity contribution in [3.05, 3.63) is 23.3 Å². The van der Waals surface area contributed by atoms with Crippen LogP contribution in [0.1, 0.15) is 11.1 Å². The van der Waals surface area contributed by atoms with Crippen molar-refractivity contribution in [3.8, 4) is 11.5 Å². The number of carbonyl (C=O) groups excluding carboxylic acids is 1. The van der Waals surface area contributed by atoms with Crippen LogP contribution in [-0.4, -0.2) is 38.6 Å². The van der Waals surface area contributed by atoms with Crippen molar-refractivity contribution >= 4 is 5.91 Å². The van der Waals surface area contributed by atoms with Crippen LogP contribution >= 0.6 is 0 Å². The summed E-state index contributed by atoms with van der Waals surface area (Å²) in [6.45, 7) is 2.75. The highest BCUT2D eigenvalue weighted by molar-refractivity contribution is 5.75. The van der Waals surface area contributed by atoms with Crippen molar-refractivity contribution in [1.29, 1.82) is 0 Å². The van der Waals surface area contributed by atoms with Crippen LogP contribution in [-0.2, 0) is 11.3 Å². The predicted octanol–water partition coefficient (Wildman–Crippen LogP) is 0.929. The lowest BCUT2D eigenvalue weighted by Crippen LogP contribution is -2.30. The van der Waals surface area contributed by atoms with E-state index < -0.39 is 0 Å². The molecule has 18 heavy (non-hydrogen) atoms. The zero-order valence-corrected chi connectivity index (χ0v) is 11.3. The quantitative estimate of drug-likeness (QED) is 0.818.